The lowest BCUT2D eigenvalue weighted by Crippen LogP contribution is -2.36. The molecule has 0 saturated carbocycles. The summed E-state index contributed by atoms with van der Waals surface area (Å²) in [6.07, 6.45) is -1.78. The molecule has 1 aliphatic rings. The standard InChI is InChI=1S/C17H11F3N2O4S/c18-17(19,20)10-3-1-4-11(7-10)21-14(23)9-22-15(24)13(27-16(22)25)8-12-5-2-6-26-12/h1-8H,9H2,(H,21,23)/b13-8-. The summed E-state index contributed by atoms with van der Waals surface area (Å²) in [6.45, 7) is -0.615. The van der Waals surface area contributed by atoms with Crippen molar-refractivity contribution in [1.82, 2.24) is 4.90 Å². The van der Waals surface area contributed by atoms with Crippen molar-refractivity contribution in [3.63, 3.8) is 0 Å². The number of halogens is 3. The lowest BCUT2D eigenvalue weighted by Gasteiger charge is -2.13. The Morgan fingerprint density at radius 3 is 2.67 bits per heavy atom. The molecule has 140 valence electrons. The van der Waals surface area contributed by atoms with E-state index in [0.29, 0.717) is 22.4 Å². The number of hydrogen-bond donors (Lipinski definition) is 1. The molecule has 6 nitrogen and oxygen atoms in total. The molecule has 0 atom stereocenters. The maximum absolute atomic E-state index is 12.7. The zero-order valence-electron chi connectivity index (χ0n) is 13.4. The van der Waals surface area contributed by atoms with Crippen molar-refractivity contribution in [2.75, 3.05) is 11.9 Å². The Balaban J connectivity index is 1.68. The van der Waals surface area contributed by atoms with Gasteiger partial charge in [-0.25, -0.2) is 0 Å². The van der Waals surface area contributed by atoms with Crippen LogP contribution >= 0.6 is 11.8 Å². The molecule has 2 heterocycles. The topological polar surface area (TPSA) is 79.6 Å². The number of furan rings is 1. The molecule has 0 aliphatic carbocycles. The Hall–Kier alpha value is -3.01. The molecule has 27 heavy (non-hydrogen) atoms. The maximum atomic E-state index is 12.7. The number of imide groups is 1. The largest absolute Gasteiger partial charge is 0.465 e. The lowest BCUT2D eigenvalue weighted by molar-refractivity contribution is -0.137. The molecule has 3 amide bonds. The molecule has 3 rings (SSSR count). The van der Waals surface area contributed by atoms with E-state index in [4.69, 9.17) is 4.42 Å². The summed E-state index contributed by atoms with van der Waals surface area (Å²) in [5.74, 6) is -1.11. The predicted molar refractivity (Wildman–Crippen MR) is 91.5 cm³/mol. The first kappa shape index (κ1) is 18.8. The second-order valence-corrected chi connectivity index (χ2v) is 6.40. The zero-order valence-corrected chi connectivity index (χ0v) is 14.3. The van der Waals surface area contributed by atoms with Crippen LogP contribution in [-0.4, -0.2) is 28.5 Å². The number of thioether (sulfide) groups is 1. The van der Waals surface area contributed by atoms with E-state index in [2.05, 4.69) is 5.32 Å². The molecule has 1 saturated heterocycles. The van der Waals surface area contributed by atoms with Crippen LogP contribution in [0.4, 0.5) is 23.7 Å². The molecular weight excluding hydrogens is 385 g/mol. The van der Waals surface area contributed by atoms with Crippen molar-refractivity contribution in [3.05, 3.63) is 58.9 Å². The SMILES string of the molecule is O=C(CN1C(=O)S/C(=C\c2ccco2)C1=O)Nc1cccc(C(F)(F)F)c1. The molecule has 0 spiro atoms. The predicted octanol–water partition coefficient (Wildman–Crippen LogP) is 3.97. The summed E-state index contributed by atoms with van der Waals surface area (Å²) in [7, 11) is 0. The van der Waals surface area contributed by atoms with Crippen LogP contribution in [0.2, 0.25) is 0 Å². The number of nitrogens with one attached hydrogen (secondary N) is 1. The minimum absolute atomic E-state index is 0.0850. The van der Waals surface area contributed by atoms with Gasteiger partial charge in [-0.05, 0) is 42.1 Å². The Kier molecular flexibility index (Phi) is 5.08. The van der Waals surface area contributed by atoms with E-state index < -0.39 is 35.3 Å². The van der Waals surface area contributed by atoms with Gasteiger partial charge in [-0.2, -0.15) is 13.2 Å². The van der Waals surface area contributed by atoms with E-state index in [9.17, 15) is 27.6 Å². The Bertz CT molecular complexity index is 923. The summed E-state index contributed by atoms with van der Waals surface area (Å²) in [6, 6.07) is 7.25. The van der Waals surface area contributed by atoms with Crippen molar-refractivity contribution >= 4 is 40.6 Å². The van der Waals surface area contributed by atoms with Crippen molar-refractivity contribution in [1.29, 1.82) is 0 Å². The number of hydrogen-bond acceptors (Lipinski definition) is 5. The molecule has 0 radical (unpaired) electrons. The molecule has 1 fully saturated rings. The molecule has 1 N–H and O–H groups in total. The van der Waals surface area contributed by atoms with E-state index in [0.717, 1.165) is 18.2 Å². The highest BCUT2D eigenvalue weighted by Gasteiger charge is 2.36. The first-order chi connectivity index (χ1) is 12.7. The van der Waals surface area contributed by atoms with E-state index in [1.165, 1.54) is 18.4 Å². The van der Waals surface area contributed by atoms with Crippen LogP contribution in [0.1, 0.15) is 11.3 Å². The van der Waals surface area contributed by atoms with Gasteiger partial charge in [-0.3, -0.25) is 19.3 Å². The van der Waals surface area contributed by atoms with Gasteiger partial charge < -0.3 is 9.73 Å². The highest BCUT2D eigenvalue weighted by atomic mass is 32.2. The van der Waals surface area contributed by atoms with E-state index in [1.807, 2.05) is 0 Å². The van der Waals surface area contributed by atoms with Gasteiger partial charge >= 0.3 is 6.18 Å². The van der Waals surface area contributed by atoms with Gasteiger partial charge in [0, 0.05) is 11.8 Å². The molecule has 1 aliphatic heterocycles. The van der Waals surface area contributed by atoms with Gasteiger partial charge in [0.25, 0.3) is 11.1 Å². The van der Waals surface area contributed by atoms with Crippen molar-refractivity contribution in [2.45, 2.75) is 6.18 Å². The number of rotatable bonds is 4. The van der Waals surface area contributed by atoms with Crippen LogP contribution in [-0.2, 0) is 15.8 Å². The molecule has 10 heteroatoms. The van der Waals surface area contributed by atoms with E-state index >= 15 is 0 Å². The van der Waals surface area contributed by atoms with Gasteiger partial charge in [0.1, 0.15) is 12.3 Å². The lowest BCUT2D eigenvalue weighted by atomic mass is 10.2. The first-order valence-corrected chi connectivity index (χ1v) is 8.31. The third kappa shape index (κ3) is 4.40. The average molecular weight is 396 g/mol. The number of anilines is 1. The molecule has 1 aromatic heterocycles. The Labute approximate surface area is 155 Å². The van der Waals surface area contributed by atoms with Gasteiger partial charge in [0.15, 0.2) is 0 Å². The van der Waals surface area contributed by atoms with Crippen molar-refractivity contribution in [2.24, 2.45) is 0 Å². The minimum Gasteiger partial charge on any atom is -0.465 e. The number of amides is 3. The van der Waals surface area contributed by atoms with Gasteiger partial charge in [-0.1, -0.05) is 6.07 Å². The zero-order chi connectivity index (χ0) is 19.6. The summed E-state index contributed by atoms with van der Waals surface area (Å²) in [5, 5.41) is 1.59. The van der Waals surface area contributed by atoms with E-state index in [-0.39, 0.29) is 10.6 Å². The second-order valence-electron chi connectivity index (χ2n) is 5.41. The fourth-order valence-corrected chi connectivity index (χ4v) is 3.07. The van der Waals surface area contributed by atoms with Crippen LogP contribution in [0.3, 0.4) is 0 Å². The van der Waals surface area contributed by atoms with Crippen molar-refractivity contribution in [3.8, 4) is 0 Å². The quantitative estimate of drug-likeness (QED) is 0.791. The molecule has 0 unspecified atom stereocenters. The molecule has 2 aromatic rings. The van der Waals surface area contributed by atoms with Gasteiger partial charge in [0.05, 0.1) is 16.7 Å². The van der Waals surface area contributed by atoms with E-state index in [1.54, 1.807) is 12.1 Å². The first-order valence-electron chi connectivity index (χ1n) is 7.50. The van der Waals surface area contributed by atoms with Crippen LogP contribution in [0.15, 0.2) is 52.0 Å². The van der Waals surface area contributed by atoms with Gasteiger partial charge in [0.2, 0.25) is 5.91 Å². The fourth-order valence-electron chi connectivity index (χ4n) is 2.26. The average Bonchev–Trinajstić information content (AvgIpc) is 3.19. The Morgan fingerprint density at radius 2 is 2.00 bits per heavy atom. The number of carbonyl (C=O) groups is 3. The van der Waals surface area contributed by atoms with Crippen LogP contribution in [0.25, 0.3) is 6.08 Å². The summed E-state index contributed by atoms with van der Waals surface area (Å²) in [4.78, 5) is 37.1. The smallest absolute Gasteiger partial charge is 0.416 e. The number of benzene rings is 1. The summed E-state index contributed by atoms with van der Waals surface area (Å²) >= 11 is 0.644. The highest BCUT2D eigenvalue weighted by molar-refractivity contribution is 8.18. The minimum atomic E-state index is -4.55. The molecule has 1 aromatic carbocycles. The Morgan fingerprint density at radius 1 is 1.22 bits per heavy atom. The highest BCUT2D eigenvalue weighted by Crippen LogP contribution is 2.33. The van der Waals surface area contributed by atoms with Crippen molar-refractivity contribution < 1.29 is 32.0 Å². The number of nitrogens with zero attached hydrogens (tertiary/aromatic N) is 1. The monoisotopic (exact) mass is 396 g/mol. The molecular formula is C17H11F3N2O4S. The summed E-state index contributed by atoms with van der Waals surface area (Å²) in [5.41, 5.74) is -1.01. The maximum Gasteiger partial charge on any atom is 0.416 e. The van der Waals surface area contributed by atoms with Crippen LogP contribution < -0.4 is 5.32 Å². The number of carbonyl (C=O) groups excluding carboxylic acids is 3. The van der Waals surface area contributed by atoms with Crippen LogP contribution in [0, 0.1) is 0 Å². The third-order valence-corrected chi connectivity index (χ3v) is 4.37. The van der Waals surface area contributed by atoms with Crippen LogP contribution in [0.5, 0.6) is 0 Å². The summed E-state index contributed by atoms with van der Waals surface area (Å²) < 4.78 is 43.2. The third-order valence-electron chi connectivity index (χ3n) is 3.47. The number of alkyl halides is 3. The second kappa shape index (κ2) is 7.31. The fraction of sp³-hybridized carbons (Fsp3) is 0.118. The normalized spacial score (nSPS) is 16.3. The molecule has 0 bridgehead atoms. The van der Waals surface area contributed by atoms with Gasteiger partial charge in [-0.15, -0.1) is 0 Å².